The highest BCUT2D eigenvalue weighted by molar-refractivity contribution is 6.05. The van der Waals surface area contributed by atoms with Crippen molar-refractivity contribution in [2.45, 2.75) is 0 Å². The van der Waals surface area contributed by atoms with E-state index in [-0.39, 0.29) is 12.7 Å². The number of H-pyrrole nitrogens is 1. The van der Waals surface area contributed by atoms with Gasteiger partial charge in [0.05, 0.1) is 6.20 Å². The average molecular weight is 325 g/mol. The molecule has 1 aliphatic rings. The van der Waals surface area contributed by atoms with Crippen LogP contribution in [0.3, 0.4) is 0 Å². The molecule has 0 fully saturated rings. The molecule has 1 amide bonds. The summed E-state index contributed by atoms with van der Waals surface area (Å²) in [6.07, 6.45) is 1.61. The number of hydrogen-bond acceptors (Lipinski definition) is 4. The summed E-state index contributed by atoms with van der Waals surface area (Å²) in [4.78, 5) is 12.3. The average Bonchev–Trinajstić information content (AvgIpc) is 3.23. The summed E-state index contributed by atoms with van der Waals surface area (Å²) in [7, 11) is 0. The molecule has 120 valence electrons. The van der Waals surface area contributed by atoms with E-state index in [9.17, 15) is 9.18 Å². The molecular formula is C17H12FN3O3. The monoisotopic (exact) mass is 325 g/mol. The van der Waals surface area contributed by atoms with Gasteiger partial charge in [0, 0.05) is 11.1 Å². The Morgan fingerprint density at radius 2 is 1.92 bits per heavy atom. The molecule has 24 heavy (non-hydrogen) atoms. The van der Waals surface area contributed by atoms with Gasteiger partial charge in [-0.25, -0.2) is 4.39 Å². The van der Waals surface area contributed by atoms with Gasteiger partial charge in [-0.15, -0.1) is 0 Å². The minimum atomic E-state index is -0.394. The Bertz CT molecular complexity index is 906. The molecule has 3 aromatic rings. The van der Waals surface area contributed by atoms with Crippen LogP contribution in [-0.2, 0) is 0 Å². The summed E-state index contributed by atoms with van der Waals surface area (Å²) in [6, 6.07) is 10.8. The Labute approximate surface area is 136 Å². The largest absolute Gasteiger partial charge is 0.454 e. The number of aromatic amines is 1. The van der Waals surface area contributed by atoms with E-state index in [4.69, 9.17) is 9.47 Å². The maximum Gasteiger partial charge on any atom is 0.256 e. The molecule has 2 aromatic carbocycles. The smallest absolute Gasteiger partial charge is 0.256 e. The third-order valence-corrected chi connectivity index (χ3v) is 3.67. The Hall–Kier alpha value is -3.35. The maximum absolute atomic E-state index is 13.0. The van der Waals surface area contributed by atoms with Gasteiger partial charge in [-0.2, -0.15) is 5.10 Å². The van der Waals surface area contributed by atoms with E-state index in [1.165, 1.54) is 24.3 Å². The van der Waals surface area contributed by atoms with E-state index in [1.807, 2.05) is 12.1 Å². The zero-order valence-corrected chi connectivity index (χ0v) is 12.4. The number of carbonyl (C=O) groups excluding carboxylic acids is 1. The van der Waals surface area contributed by atoms with E-state index >= 15 is 0 Å². The number of anilines is 1. The minimum Gasteiger partial charge on any atom is -0.454 e. The third kappa shape index (κ3) is 2.56. The highest BCUT2D eigenvalue weighted by Crippen LogP contribution is 2.37. The number of aromatic nitrogens is 2. The number of amides is 1. The van der Waals surface area contributed by atoms with Crippen molar-refractivity contribution in [2.24, 2.45) is 0 Å². The van der Waals surface area contributed by atoms with Gasteiger partial charge >= 0.3 is 0 Å². The summed E-state index contributed by atoms with van der Waals surface area (Å²) in [6.45, 7) is 0.193. The van der Waals surface area contributed by atoms with Gasteiger partial charge in [-0.05, 0) is 42.0 Å². The second-order valence-electron chi connectivity index (χ2n) is 5.19. The lowest BCUT2D eigenvalue weighted by molar-refractivity contribution is 0.102. The highest BCUT2D eigenvalue weighted by Gasteiger charge is 2.17. The van der Waals surface area contributed by atoms with E-state index in [2.05, 4.69) is 15.5 Å². The second-order valence-corrected chi connectivity index (χ2v) is 5.19. The molecule has 0 saturated heterocycles. The van der Waals surface area contributed by atoms with E-state index in [0.717, 1.165) is 5.56 Å². The number of fused-ring (bicyclic) bond motifs is 1. The Morgan fingerprint density at radius 1 is 1.12 bits per heavy atom. The van der Waals surface area contributed by atoms with Crippen LogP contribution in [0.25, 0.3) is 11.1 Å². The molecule has 0 spiro atoms. The SMILES string of the molecule is O=C(Nc1[nH]ncc1-c1ccc2c(c1)OCO2)c1ccc(F)cc1. The summed E-state index contributed by atoms with van der Waals surface area (Å²) in [5.74, 6) is 1.02. The van der Waals surface area contributed by atoms with Crippen molar-refractivity contribution >= 4 is 11.7 Å². The second kappa shape index (κ2) is 5.69. The van der Waals surface area contributed by atoms with Crippen LogP contribution in [0.1, 0.15) is 10.4 Å². The van der Waals surface area contributed by atoms with Crippen molar-refractivity contribution in [3.63, 3.8) is 0 Å². The van der Waals surface area contributed by atoms with Gasteiger partial charge in [0.2, 0.25) is 6.79 Å². The van der Waals surface area contributed by atoms with Crippen LogP contribution < -0.4 is 14.8 Å². The quantitative estimate of drug-likeness (QED) is 0.775. The highest BCUT2D eigenvalue weighted by atomic mass is 19.1. The molecule has 0 unspecified atom stereocenters. The van der Waals surface area contributed by atoms with Crippen molar-refractivity contribution in [2.75, 3.05) is 12.1 Å². The van der Waals surface area contributed by atoms with Crippen LogP contribution in [0.5, 0.6) is 11.5 Å². The number of hydrogen-bond donors (Lipinski definition) is 2. The Morgan fingerprint density at radius 3 is 2.75 bits per heavy atom. The number of ether oxygens (including phenoxy) is 2. The Balaban J connectivity index is 1.61. The van der Waals surface area contributed by atoms with Gasteiger partial charge in [0.15, 0.2) is 11.5 Å². The van der Waals surface area contributed by atoms with Gasteiger partial charge in [-0.1, -0.05) is 6.07 Å². The standard InChI is InChI=1S/C17H12FN3O3/c18-12-4-1-10(2-5-12)17(22)20-16-13(8-19-21-16)11-3-6-14-15(7-11)24-9-23-14/h1-8H,9H2,(H2,19,20,21,22). The molecule has 1 aromatic heterocycles. The lowest BCUT2D eigenvalue weighted by atomic mass is 10.1. The van der Waals surface area contributed by atoms with Crippen LogP contribution in [0.2, 0.25) is 0 Å². The van der Waals surface area contributed by atoms with Crippen molar-refractivity contribution in [1.82, 2.24) is 10.2 Å². The lowest BCUT2D eigenvalue weighted by Gasteiger charge is -2.07. The molecule has 2 heterocycles. The molecule has 7 heteroatoms. The summed E-state index contributed by atoms with van der Waals surface area (Å²) < 4.78 is 23.6. The fourth-order valence-electron chi connectivity index (χ4n) is 2.45. The molecular weight excluding hydrogens is 313 g/mol. The normalized spacial score (nSPS) is 12.2. The first kappa shape index (κ1) is 14.3. The number of nitrogens with one attached hydrogen (secondary N) is 2. The molecule has 0 atom stereocenters. The van der Waals surface area contributed by atoms with Crippen molar-refractivity contribution < 1.29 is 18.7 Å². The van der Waals surface area contributed by atoms with E-state index in [1.54, 1.807) is 12.3 Å². The summed E-state index contributed by atoms with van der Waals surface area (Å²) in [5, 5.41) is 9.48. The predicted molar refractivity (Wildman–Crippen MR) is 84.5 cm³/mol. The molecule has 4 rings (SSSR count). The van der Waals surface area contributed by atoms with Crippen LogP contribution in [-0.4, -0.2) is 22.9 Å². The number of rotatable bonds is 3. The van der Waals surface area contributed by atoms with Crippen molar-refractivity contribution in [3.8, 4) is 22.6 Å². The van der Waals surface area contributed by atoms with Gasteiger partial charge in [0.1, 0.15) is 11.6 Å². The van der Waals surface area contributed by atoms with Crippen LogP contribution in [0.15, 0.2) is 48.7 Å². The summed E-state index contributed by atoms with van der Waals surface area (Å²) >= 11 is 0. The molecule has 2 N–H and O–H groups in total. The third-order valence-electron chi connectivity index (χ3n) is 3.67. The molecule has 0 radical (unpaired) electrons. The van der Waals surface area contributed by atoms with Crippen LogP contribution >= 0.6 is 0 Å². The maximum atomic E-state index is 13.0. The van der Waals surface area contributed by atoms with Crippen molar-refractivity contribution in [3.05, 3.63) is 60.0 Å². The van der Waals surface area contributed by atoms with E-state index in [0.29, 0.717) is 28.4 Å². The van der Waals surface area contributed by atoms with Crippen LogP contribution in [0.4, 0.5) is 10.2 Å². The lowest BCUT2D eigenvalue weighted by Crippen LogP contribution is -2.12. The van der Waals surface area contributed by atoms with Gasteiger partial charge < -0.3 is 14.8 Å². The van der Waals surface area contributed by atoms with Crippen molar-refractivity contribution in [1.29, 1.82) is 0 Å². The van der Waals surface area contributed by atoms with E-state index < -0.39 is 5.82 Å². The topological polar surface area (TPSA) is 76.2 Å². The fraction of sp³-hybridized carbons (Fsp3) is 0.0588. The number of halogens is 1. The molecule has 1 aliphatic heterocycles. The zero-order valence-electron chi connectivity index (χ0n) is 12.4. The Kier molecular flexibility index (Phi) is 3.38. The first-order valence-corrected chi connectivity index (χ1v) is 7.21. The number of benzene rings is 2. The zero-order chi connectivity index (χ0) is 16.5. The summed E-state index contributed by atoms with van der Waals surface area (Å²) in [5.41, 5.74) is 1.88. The fourth-order valence-corrected chi connectivity index (χ4v) is 2.45. The van der Waals surface area contributed by atoms with Crippen LogP contribution in [0, 0.1) is 5.82 Å². The van der Waals surface area contributed by atoms with Gasteiger partial charge in [0.25, 0.3) is 5.91 Å². The first-order valence-electron chi connectivity index (χ1n) is 7.21. The number of carbonyl (C=O) groups is 1. The molecule has 0 aliphatic carbocycles. The molecule has 0 saturated carbocycles. The predicted octanol–water partition coefficient (Wildman–Crippen LogP) is 3.20. The minimum absolute atomic E-state index is 0.193. The molecule has 0 bridgehead atoms. The first-order chi connectivity index (χ1) is 11.7. The molecule has 6 nitrogen and oxygen atoms in total. The number of nitrogens with zero attached hydrogens (tertiary/aromatic N) is 1. The van der Waals surface area contributed by atoms with Gasteiger partial charge in [-0.3, -0.25) is 9.89 Å².